The monoisotopic (exact) mass is 766 g/mol. The lowest BCUT2D eigenvalue weighted by Gasteiger charge is -2.29. The molecule has 1 saturated heterocycles. The largest absolute Gasteiger partial charge is 0.445 e. The Bertz CT molecular complexity index is 1850. The molecule has 0 spiro atoms. The van der Waals surface area contributed by atoms with Gasteiger partial charge >= 0.3 is 6.09 Å². The summed E-state index contributed by atoms with van der Waals surface area (Å²) < 4.78 is 10.9. The van der Waals surface area contributed by atoms with Crippen LogP contribution < -0.4 is 21.3 Å². The van der Waals surface area contributed by atoms with E-state index < -0.39 is 42.1 Å². The summed E-state index contributed by atoms with van der Waals surface area (Å²) in [6.07, 6.45) is 1.64. The van der Waals surface area contributed by atoms with Gasteiger partial charge in [0, 0.05) is 51.4 Å². The fraction of sp³-hybridized carbons (Fsp3) is 0.419. The fourth-order valence-corrected chi connectivity index (χ4v) is 6.73. The highest BCUT2D eigenvalue weighted by atomic mass is 16.5. The third-order valence-electron chi connectivity index (χ3n) is 9.69. The molecule has 4 amide bonds. The summed E-state index contributed by atoms with van der Waals surface area (Å²) in [5.74, 6) is -1.40. The molecule has 4 atom stereocenters. The van der Waals surface area contributed by atoms with Crippen molar-refractivity contribution in [3.8, 4) is 0 Å². The van der Waals surface area contributed by atoms with Gasteiger partial charge in [0.1, 0.15) is 18.7 Å². The first-order chi connectivity index (χ1) is 27.1. The molecule has 5 rings (SSSR count). The third kappa shape index (κ3) is 13.4. The molecule has 0 aliphatic carbocycles. The highest BCUT2D eigenvalue weighted by Crippen LogP contribution is 2.20. The third-order valence-corrected chi connectivity index (χ3v) is 9.69. The zero-order valence-electron chi connectivity index (χ0n) is 32.2. The molecule has 4 aromatic rings. The van der Waals surface area contributed by atoms with Crippen molar-refractivity contribution in [3.63, 3.8) is 0 Å². The van der Waals surface area contributed by atoms with Crippen molar-refractivity contribution in [2.24, 2.45) is 5.92 Å². The SMILES string of the molecule is CC(C)CC(NC(=O)[C@H](Cc1cccnc1)NC(=O)[C@H](Cc1cccc2ccccc12)NC(=O)OCc1ccccc1)C(O)CC(=O)NCCN1CCOCC1. The number of aliphatic hydroxyl groups excluding tert-OH is 1. The number of carbonyl (C=O) groups excluding carboxylic acids is 4. The lowest BCUT2D eigenvalue weighted by molar-refractivity contribution is -0.131. The Morgan fingerprint density at radius 2 is 1.52 bits per heavy atom. The molecular weight excluding hydrogens is 713 g/mol. The maximum absolute atomic E-state index is 14.3. The van der Waals surface area contributed by atoms with Crippen LogP contribution in [-0.4, -0.2) is 102 Å². The van der Waals surface area contributed by atoms with Gasteiger partial charge < -0.3 is 35.8 Å². The lowest BCUT2D eigenvalue weighted by Crippen LogP contribution is -2.57. The van der Waals surface area contributed by atoms with E-state index in [0.29, 0.717) is 38.3 Å². The Kier molecular flexibility index (Phi) is 16.2. The summed E-state index contributed by atoms with van der Waals surface area (Å²) in [6.45, 7) is 7.96. The minimum Gasteiger partial charge on any atom is -0.445 e. The van der Waals surface area contributed by atoms with E-state index in [-0.39, 0.29) is 37.7 Å². The van der Waals surface area contributed by atoms with Crippen molar-refractivity contribution in [2.45, 2.75) is 70.4 Å². The van der Waals surface area contributed by atoms with E-state index in [9.17, 15) is 24.3 Å². The number of ether oxygens (including phenoxy) is 2. The molecule has 5 N–H and O–H groups in total. The zero-order chi connectivity index (χ0) is 39.7. The number of aromatic nitrogens is 1. The van der Waals surface area contributed by atoms with Gasteiger partial charge in [-0.3, -0.25) is 24.3 Å². The summed E-state index contributed by atoms with van der Waals surface area (Å²) in [5.41, 5.74) is 2.30. The maximum atomic E-state index is 14.3. The van der Waals surface area contributed by atoms with Crippen molar-refractivity contribution in [1.29, 1.82) is 0 Å². The van der Waals surface area contributed by atoms with E-state index in [1.54, 1.807) is 24.5 Å². The molecule has 1 aliphatic heterocycles. The Morgan fingerprint density at radius 1 is 0.821 bits per heavy atom. The molecule has 13 nitrogen and oxygen atoms in total. The van der Waals surface area contributed by atoms with Gasteiger partial charge in [0.15, 0.2) is 0 Å². The Labute approximate surface area is 328 Å². The first-order valence-corrected chi connectivity index (χ1v) is 19.3. The zero-order valence-corrected chi connectivity index (χ0v) is 32.2. The van der Waals surface area contributed by atoms with Crippen LogP contribution in [0.5, 0.6) is 0 Å². The van der Waals surface area contributed by atoms with Gasteiger partial charge in [0.25, 0.3) is 0 Å². The number of carbonyl (C=O) groups is 4. The number of amides is 4. The molecule has 1 aromatic heterocycles. The molecule has 2 unspecified atom stereocenters. The predicted octanol–water partition coefficient (Wildman–Crippen LogP) is 3.53. The van der Waals surface area contributed by atoms with Crippen LogP contribution in [0, 0.1) is 5.92 Å². The van der Waals surface area contributed by atoms with Crippen molar-refractivity contribution >= 4 is 34.6 Å². The summed E-state index contributed by atoms with van der Waals surface area (Å²) in [4.78, 5) is 60.9. The number of benzene rings is 3. The second-order valence-corrected chi connectivity index (χ2v) is 14.5. The molecule has 0 bridgehead atoms. The van der Waals surface area contributed by atoms with Crippen molar-refractivity contribution in [3.05, 3.63) is 114 Å². The topological polar surface area (TPSA) is 171 Å². The van der Waals surface area contributed by atoms with Crippen molar-refractivity contribution in [2.75, 3.05) is 39.4 Å². The van der Waals surface area contributed by atoms with E-state index in [1.807, 2.05) is 86.6 Å². The number of alkyl carbamates (subject to hydrolysis) is 1. The molecule has 0 radical (unpaired) electrons. The van der Waals surface area contributed by atoms with Crippen LogP contribution >= 0.6 is 0 Å². The van der Waals surface area contributed by atoms with Crippen LogP contribution in [-0.2, 0) is 43.3 Å². The normalized spacial score (nSPS) is 15.3. The molecule has 1 aliphatic rings. The van der Waals surface area contributed by atoms with Crippen LogP contribution in [0.4, 0.5) is 4.79 Å². The van der Waals surface area contributed by atoms with Crippen LogP contribution in [0.15, 0.2) is 97.3 Å². The average Bonchev–Trinajstić information content (AvgIpc) is 3.20. The van der Waals surface area contributed by atoms with Gasteiger partial charge in [-0.05, 0) is 45.9 Å². The van der Waals surface area contributed by atoms with Gasteiger partial charge in [-0.2, -0.15) is 0 Å². The Morgan fingerprint density at radius 3 is 2.27 bits per heavy atom. The number of rotatable bonds is 19. The van der Waals surface area contributed by atoms with Crippen molar-refractivity contribution < 1.29 is 33.8 Å². The standard InChI is InChI=1S/C43H54N6O7/c1-30(2)24-36(39(50)27-40(51)45-18-19-49-20-22-55-23-21-49)46-41(52)37(25-32-12-9-17-44-28-32)47-42(53)38(48-43(54)56-29-31-10-4-3-5-11-31)26-34-15-8-14-33-13-6-7-16-35(33)34/h3-17,28,30,36-39,50H,18-27,29H2,1-2H3,(H,45,51)(H,46,52)(H,47,53)(H,48,54)/t36?,37-,38-,39?/m0/s1. The first-order valence-electron chi connectivity index (χ1n) is 19.3. The van der Waals surface area contributed by atoms with Gasteiger partial charge in [-0.15, -0.1) is 0 Å². The van der Waals surface area contributed by atoms with Crippen LogP contribution in [0.25, 0.3) is 10.8 Å². The first kappa shape index (κ1) is 41.8. The number of hydrogen-bond donors (Lipinski definition) is 5. The lowest BCUT2D eigenvalue weighted by atomic mass is 9.96. The number of nitrogens with one attached hydrogen (secondary N) is 4. The number of aliphatic hydroxyl groups is 1. The maximum Gasteiger partial charge on any atom is 0.408 e. The summed E-state index contributed by atoms with van der Waals surface area (Å²) in [5, 5.41) is 24.6. The van der Waals surface area contributed by atoms with Crippen LogP contribution in [0.1, 0.15) is 43.4 Å². The van der Waals surface area contributed by atoms with E-state index >= 15 is 0 Å². The molecule has 2 heterocycles. The number of pyridine rings is 1. The second kappa shape index (κ2) is 21.6. The van der Waals surface area contributed by atoms with E-state index in [1.165, 1.54) is 0 Å². The van der Waals surface area contributed by atoms with E-state index in [4.69, 9.17) is 9.47 Å². The fourth-order valence-electron chi connectivity index (χ4n) is 6.73. The molecule has 0 saturated carbocycles. The summed E-state index contributed by atoms with van der Waals surface area (Å²) in [7, 11) is 0. The smallest absolute Gasteiger partial charge is 0.408 e. The Balaban J connectivity index is 1.31. The van der Waals surface area contributed by atoms with Gasteiger partial charge in [-0.1, -0.05) is 92.7 Å². The van der Waals surface area contributed by atoms with Gasteiger partial charge in [0.05, 0.1) is 31.8 Å². The highest BCUT2D eigenvalue weighted by Gasteiger charge is 2.32. The van der Waals surface area contributed by atoms with Gasteiger partial charge in [-0.25, -0.2) is 4.79 Å². The van der Waals surface area contributed by atoms with Crippen LogP contribution in [0.2, 0.25) is 0 Å². The van der Waals surface area contributed by atoms with Crippen molar-refractivity contribution in [1.82, 2.24) is 31.2 Å². The molecular formula is C43H54N6O7. The molecule has 56 heavy (non-hydrogen) atoms. The summed E-state index contributed by atoms with van der Waals surface area (Å²) >= 11 is 0. The second-order valence-electron chi connectivity index (χ2n) is 14.5. The number of morpholine rings is 1. The summed E-state index contributed by atoms with van der Waals surface area (Å²) in [6, 6.07) is 23.3. The highest BCUT2D eigenvalue weighted by molar-refractivity contribution is 5.93. The van der Waals surface area contributed by atoms with Gasteiger partial charge in [0.2, 0.25) is 17.7 Å². The predicted molar refractivity (Wildman–Crippen MR) is 213 cm³/mol. The minimum absolute atomic E-state index is 0.00673. The minimum atomic E-state index is -1.18. The molecule has 1 fully saturated rings. The Hall–Kier alpha value is -5.37. The molecule has 298 valence electrons. The quantitative estimate of drug-likeness (QED) is 0.0959. The number of hydrogen-bond acceptors (Lipinski definition) is 9. The molecule has 3 aromatic carbocycles. The average molecular weight is 767 g/mol. The van der Waals surface area contributed by atoms with Crippen LogP contribution in [0.3, 0.4) is 0 Å². The number of nitrogens with zero attached hydrogens (tertiary/aromatic N) is 2. The van der Waals surface area contributed by atoms with E-state index in [2.05, 4.69) is 31.2 Å². The van der Waals surface area contributed by atoms with E-state index in [0.717, 1.165) is 35.0 Å². The number of fused-ring (bicyclic) bond motifs is 1. The molecule has 13 heteroatoms.